The molecule has 0 saturated carbocycles. The van der Waals surface area contributed by atoms with Gasteiger partial charge >= 0.3 is 0 Å². The van der Waals surface area contributed by atoms with E-state index in [1.54, 1.807) is 6.20 Å². The molecule has 0 amide bonds. The van der Waals surface area contributed by atoms with Gasteiger partial charge in [0, 0.05) is 12.7 Å². The summed E-state index contributed by atoms with van der Waals surface area (Å²) < 4.78 is 5.80. The maximum Gasteiger partial charge on any atom is 0.131 e. The molecule has 1 heterocycles. The molecule has 0 fully saturated rings. The van der Waals surface area contributed by atoms with Crippen molar-refractivity contribution in [3.05, 3.63) is 58.9 Å². The number of nitrogens with two attached hydrogens (primary N) is 1. The Balaban J connectivity index is 2.11. The number of aromatic nitrogens is 1. The summed E-state index contributed by atoms with van der Waals surface area (Å²) in [4.78, 5) is 4.31. The van der Waals surface area contributed by atoms with Crippen LogP contribution in [0.4, 0.5) is 0 Å². The Labute approximate surface area is 108 Å². The monoisotopic (exact) mass is 242 g/mol. The summed E-state index contributed by atoms with van der Waals surface area (Å²) in [6.07, 6.45) is 1.76. The van der Waals surface area contributed by atoms with Crippen molar-refractivity contribution >= 4 is 0 Å². The molecule has 0 spiro atoms. The van der Waals surface area contributed by atoms with Crippen LogP contribution in [-0.4, -0.2) is 4.98 Å². The molecule has 3 nitrogen and oxygen atoms in total. The third-order valence-electron chi connectivity index (χ3n) is 2.90. The van der Waals surface area contributed by atoms with Gasteiger partial charge in [0.1, 0.15) is 12.4 Å². The van der Waals surface area contributed by atoms with Crippen LogP contribution in [0.15, 0.2) is 36.5 Å². The van der Waals surface area contributed by atoms with Gasteiger partial charge in [-0.2, -0.15) is 0 Å². The zero-order valence-electron chi connectivity index (χ0n) is 10.8. The summed E-state index contributed by atoms with van der Waals surface area (Å²) in [6.45, 7) is 5.06. The van der Waals surface area contributed by atoms with Crippen LogP contribution in [0, 0.1) is 13.8 Å². The summed E-state index contributed by atoms with van der Waals surface area (Å²) in [6, 6.07) is 10.0. The highest BCUT2D eigenvalue weighted by atomic mass is 16.5. The van der Waals surface area contributed by atoms with Crippen molar-refractivity contribution in [3.63, 3.8) is 0 Å². The molecule has 2 aromatic rings. The van der Waals surface area contributed by atoms with Crippen LogP contribution < -0.4 is 10.5 Å². The number of hydrogen-bond donors (Lipinski definition) is 1. The lowest BCUT2D eigenvalue weighted by Gasteiger charge is -2.11. The van der Waals surface area contributed by atoms with Crippen LogP contribution in [0.2, 0.25) is 0 Å². The highest BCUT2D eigenvalue weighted by Crippen LogP contribution is 2.20. The third kappa shape index (κ3) is 2.87. The van der Waals surface area contributed by atoms with Gasteiger partial charge in [0.25, 0.3) is 0 Å². The highest BCUT2D eigenvalue weighted by Gasteiger charge is 2.04. The molecule has 0 atom stereocenters. The summed E-state index contributed by atoms with van der Waals surface area (Å²) >= 11 is 0. The van der Waals surface area contributed by atoms with Gasteiger partial charge in [-0.05, 0) is 37.1 Å². The first-order valence-corrected chi connectivity index (χ1v) is 6.03. The smallest absolute Gasteiger partial charge is 0.131 e. The average Bonchev–Trinajstić information content (AvgIpc) is 2.38. The maximum absolute atomic E-state index is 5.80. The largest absolute Gasteiger partial charge is 0.487 e. The molecule has 0 saturated heterocycles. The molecule has 94 valence electrons. The zero-order chi connectivity index (χ0) is 13.0. The van der Waals surface area contributed by atoms with E-state index in [1.807, 2.05) is 31.2 Å². The van der Waals surface area contributed by atoms with Gasteiger partial charge in [0.2, 0.25) is 0 Å². The van der Waals surface area contributed by atoms with E-state index in [4.69, 9.17) is 10.5 Å². The van der Waals surface area contributed by atoms with Gasteiger partial charge < -0.3 is 10.5 Å². The Morgan fingerprint density at radius 3 is 2.78 bits per heavy atom. The van der Waals surface area contributed by atoms with E-state index in [0.717, 1.165) is 22.6 Å². The van der Waals surface area contributed by atoms with Crippen molar-refractivity contribution in [2.24, 2.45) is 5.73 Å². The van der Waals surface area contributed by atoms with Crippen LogP contribution >= 0.6 is 0 Å². The third-order valence-corrected chi connectivity index (χ3v) is 2.90. The molecule has 1 aromatic heterocycles. The maximum atomic E-state index is 5.80. The fourth-order valence-electron chi connectivity index (χ4n) is 1.89. The molecule has 2 rings (SSSR count). The van der Waals surface area contributed by atoms with Gasteiger partial charge in [-0.3, -0.25) is 4.98 Å². The van der Waals surface area contributed by atoms with Crippen molar-refractivity contribution in [1.29, 1.82) is 0 Å². The quantitative estimate of drug-likeness (QED) is 0.896. The first-order valence-electron chi connectivity index (χ1n) is 6.03. The molecule has 0 unspecified atom stereocenters. The van der Waals surface area contributed by atoms with Crippen molar-refractivity contribution in [2.75, 3.05) is 0 Å². The van der Waals surface area contributed by atoms with Crippen LogP contribution in [0.1, 0.15) is 22.4 Å². The number of aryl methyl sites for hydroxylation is 2. The zero-order valence-corrected chi connectivity index (χ0v) is 10.8. The standard InChI is InChI=1S/C15H18N2O/c1-11-5-6-15(12(2)8-11)18-10-14-13(9-16)4-3-7-17-14/h3-8H,9-10,16H2,1-2H3. The van der Waals surface area contributed by atoms with Crippen molar-refractivity contribution in [2.45, 2.75) is 27.0 Å². The predicted octanol–water partition coefficient (Wildman–Crippen LogP) is 2.74. The Hall–Kier alpha value is -1.87. The normalized spacial score (nSPS) is 10.4. The molecule has 0 radical (unpaired) electrons. The molecule has 0 bridgehead atoms. The Morgan fingerprint density at radius 1 is 1.22 bits per heavy atom. The summed E-state index contributed by atoms with van der Waals surface area (Å²) in [5.74, 6) is 0.897. The van der Waals surface area contributed by atoms with Crippen LogP contribution in [0.5, 0.6) is 5.75 Å². The second-order valence-electron chi connectivity index (χ2n) is 4.37. The Morgan fingerprint density at radius 2 is 2.06 bits per heavy atom. The molecule has 0 aliphatic carbocycles. The molecule has 3 heteroatoms. The highest BCUT2D eigenvalue weighted by molar-refractivity contribution is 5.35. The fraction of sp³-hybridized carbons (Fsp3) is 0.267. The number of ether oxygens (including phenoxy) is 1. The molecule has 0 aliphatic rings. The van der Waals surface area contributed by atoms with Crippen LogP contribution in [0.3, 0.4) is 0 Å². The first-order chi connectivity index (χ1) is 8.70. The second-order valence-corrected chi connectivity index (χ2v) is 4.37. The van der Waals surface area contributed by atoms with E-state index < -0.39 is 0 Å². The predicted molar refractivity (Wildman–Crippen MR) is 72.4 cm³/mol. The number of nitrogens with zero attached hydrogens (tertiary/aromatic N) is 1. The molecule has 1 aromatic carbocycles. The van der Waals surface area contributed by atoms with Gasteiger partial charge in [0.15, 0.2) is 0 Å². The second kappa shape index (κ2) is 5.65. The van der Waals surface area contributed by atoms with Crippen LogP contribution in [0.25, 0.3) is 0 Å². The summed E-state index contributed by atoms with van der Waals surface area (Å²) in [5, 5.41) is 0. The average molecular weight is 242 g/mol. The number of pyridine rings is 1. The van der Waals surface area contributed by atoms with E-state index in [2.05, 4.69) is 18.0 Å². The minimum absolute atomic E-state index is 0.456. The van der Waals surface area contributed by atoms with Crippen molar-refractivity contribution in [3.8, 4) is 5.75 Å². The molecule has 2 N–H and O–H groups in total. The van der Waals surface area contributed by atoms with Crippen molar-refractivity contribution < 1.29 is 4.74 Å². The molecule has 18 heavy (non-hydrogen) atoms. The Kier molecular flexibility index (Phi) is 3.95. The van der Waals surface area contributed by atoms with Gasteiger partial charge in [-0.15, -0.1) is 0 Å². The lowest BCUT2D eigenvalue weighted by atomic mass is 10.1. The molecule has 0 aliphatic heterocycles. The van der Waals surface area contributed by atoms with Crippen molar-refractivity contribution in [1.82, 2.24) is 4.98 Å². The summed E-state index contributed by atoms with van der Waals surface area (Å²) in [7, 11) is 0. The van der Waals surface area contributed by atoms with Gasteiger partial charge in [-0.25, -0.2) is 0 Å². The lowest BCUT2D eigenvalue weighted by Crippen LogP contribution is -2.07. The van der Waals surface area contributed by atoms with E-state index in [9.17, 15) is 0 Å². The lowest BCUT2D eigenvalue weighted by molar-refractivity contribution is 0.298. The Bertz CT molecular complexity index is 538. The number of rotatable bonds is 4. The topological polar surface area (TPSA) is 48.1 Å². The van der Waals surface area contributed by atoms with E-state index in [-0.39, 0.29) is 0 Å². The minimum atomic E-state index is 0.456. The van der Waals surface area contributed by atoms with Gasteiger partial charge in [0.05, 0.1) is 5.69 Å². The first kappa shape index (κ1) is 12.6. The molecular weight excluding hydrogens is 224 g/mol. The van der Waals surface area contributed by atoms with E-state index >= 15 is 0 Å². The van der Waals surface area contributed by atoms with E-state index in [0.29, 0.717) is 13.2 Å². The summed E-state index contributed by atoms with van der Waals surface area (Å²) in [5.41, 5.74) is 9.98. The van der Waals surface area contributed by atoms with Crippen LogP contribution in [-0.2, 0) is 13.2 Å². The minimum Gasteiger partial charge on any atom is -0.487 e. The SMILES string of the molecule is Cc1ccc(OCc2ncccc2CN)c(C)c1. The molecular formula is C15H18N2O. The number of hydrogen-bond acceptors (Lipinski definition) is 3. The fourth-order valence-corrected chi connectivity index (χ4v) is 1.89. The van der Waals surface area contributed by atoms with Gasteiger partial charge in [-0.1, -0.05) is 23.8 Å². The van der Waals surface area contributed by atoms with E-state index in [1.165, 1.54) is 5.56 Å². The number of benzene rings is 1.